The first-order valence-corrected chi connectivity index (χ1v) is 5.64. The van der Waals surface area contributed by atoms with Crippen molar-refractivity contribution in [1.29, 1.82) is 5.41 Å². The SMILES string of the molecule is N=C1C=C\C=C/C=C\C=C/C=C\C=C/C/C=C\1. The number of rotatable bonds is 0. The third-order valence-corrected chi connectivity index (χ3v) is 1.98. The highest BCUT2D eigenvalue weighted by Crippen LogP contribution is 1.91. The van der Waals surface area contributed by atoms with E-state index in [1.807, 2.05) is 66.8 Å². The highest BCUT2D eigenvalue weighted by Gasteiger charge is 1.79. The smallest absolute Gasteiger partial charge is 0.0536 e. The molecule has 0 bridgehead atoms. The van der Waals surface area contributed by atoms with Crippen LogP contribution in [0.5, 0.6) is 0 Å². The zero-order valence-corrected chi connectivity index (χ0v) is 9.79. The van der Waals surface area contributed by atoms with Crippen LogP contribution in [0, 0.1) is 5.41 Å². The monoisotopic (exact) mass is 223 g/mol. The average molecular weight is 223 g/mol. The fourth-order valence-electron chi connectivity index (χ4n) is 1.16. The zero-order chi connectivity index (χ0) is 12.2. The molecule has 17 heavy (non-hydrogen) atoms. The Balaban J connectivity index is 2.70. The fraction of sp³-hybridized carbons (Fsp3) is 0.0625. The molecule has 0 aromatic rings. The minimum Gasteiger partial charge on any atom is -0.301 e. The quantitative estimate of drug-likeness (QED) is 0.633. The van der Waals surface area contributed by atoms with Gasteiger partial charge in [0.1, 0.15) is 0 Å². The molecule has 0 fully saturated rings. The van der Waals surface area contributed by atoms with E-state index < -0.39 is 0 Å². The summed E-state index contributed by atoms with van der Waals surface area (Å²) < 4.78 is 0. The minimum atomic E-state index is 0.509. The fourth-order valence-corrected chi connectivity index (χ4v) is 1.16. The normalized spacial score (nSPS) is 28.1. The first-order valence-electron chi connectivity index (χ1n) is 5.64. The van der Waals surface area contributed by atoms with Gasteiger partial charge in [0.05, 0.1) is 5.71 Å². The third-order valence-electron chi connectivity index (χ3n) is 1.98. The van der Waals surface area contributed by atoms with E-state index in [-0.39, 0.29) is 0 Å². The molecule has 0 heterocycles. The summed E-state index contributed by atoms with van der Waals surface area (Å²) in [6.45, 7) is 0. The van der Waals surface area contributed by atoms with Gasteiger partial charge >= 0.3 is 0 Å². The number of hydrogen-bond acceptors (Lipinski definition) is 1. The molecule has 1 rings (SSSR count). The van der Waals surface area contributed by atoms with Crippen molar-refractivity contribution in [3.8, 4) is 0 Å². The largest absolute Gasteiger partial charge is 0.301 e. The van der Waals surface area contributed by atoms with Crippen molar-refractivity contribution in [1.82, 2.24) is 0 Å². The summed E-state index contributed by atoms with van der Waals surface area (Å²) in [5, 5.41) is 7.62. The van der Waals surface area contributed by atoms with Crippen LogP contribution in [0.2, 0.25) is 0 Å². The van der Waals surface area contributed by atoms with Crippen LogP contribution >= 0.6 is 0 Å². The molecule has 1 nitrogen and oxygen atoms in total. The van der Waals surface area contributed by atoms with E-state index >= 15 is 0 Å². The number of nitrogens with one attached hydrogen (secondary N) is 1. The molecule has 0 saturated carbocycles. The van der Waals surface area contributed by atoms with Crippen molar-refractivity contribution < 1.29 is 0 Å². The highest BCUT2D eigenvalue weighted by molar-refractivity contribution is 6.01. The summed E-state index contributed by atoms with van der Waals surface area (Å²) in [6.07, 6.45) is 28.0. The molecule has 0 unspecified atom stereocenters. The van der Waals surface area contributed by atoms with E-state index in [0.29, 0.717) is 5.71 Å². The summed E-state index contributed by atoms with van der Waals surface area (Å²) >= 11 is 0. The predicted molar refractivity (Wildman–Crippen MR) is 76.3 cm³/mol. The molecule has 0 amide bonds. The summed E-state index contributed by atoms with van der Waals surface area (Å²) in [6, 6.07) is 0. The maximum absolute atomic E-state index is 7.62. The maximum atomic E-state index is 7.62. The van der Waals surface area contributed by atoms with Crippen molar-refractivity contribution in [2.45, 2.75) is 6.42 Å². The third kappa shape index (κ3) is 7.74. The molecule has 0 aromatic heterocycles. The van der Waals surface area contributed by atoms with Crippen molar-refractivity contribution >= 4 is 5.71 Å². The molecular weight excluding hydrogens is 206 g/mol. The Hall–Kier alpha value is -2.15. The molecule has 1 aliphatic carbocycles. The Morgan fingerprint density at radius 1 is 0.588 bits per heavy atom. The lowest BCUT2D eigenvalue weighted by Gasteiger charge is -1.85. The first-order chi connectivity index (χ1) is 8.39. The molecule has 0 saturated heterocycles. The van der Waals surface area contributed by atoms with Gasteiger partial charge in [-0.3, -0.25) is 0 Å². The summed E-state index contributed by atoms with van der Waals surface area (Å²) in [5.74, 6) is 0. The molecule has 0 radical (unpaired) electrons. The van der Waals surface area contributed by atoms with Gasteiger partial charge in [-0.2, -0.15) is 0 Å². The van der Waals surface area contributed by atoms with Gasteiger partial charge in [0.25, 0.3) is 0 Å². The van der Waals surface area contributed by atoms with Crippen molar-refractivity contribution in [2.75, 3.05) is 0 Å². The molecule has 1 N–H and O–H groups in total. The van der Waals surface area contributed by atoms with Crippen LogP contribution in [-0.2, 0) is 0 Å². The van der Waals surface area contributed by atoms with Gasteiger partial charge in [-0.25, -0.2) is 0 Å². The molecule has 1 aliphatic rings. The molecule has 0 aliphatic heterocycles. The summed E-state index contributed by atoms with van der Waals surface area (Å²) in [4.78, 5) is 0. The highest BCUT2D eigenvalue weighted by atomic mass is 14.4. The van der Waals surface area contributed by atoms with E-state index in [1.54, 1.807) is 12.2 Å². The van der Waals surface area contributed by atoms with Gasteiger partial charge < -0.3 is 5.41 Å². The Labute approximate surface area is 103 Å². The van der Waals surface area contributed by atoms with Gasteiger partial charge in [0.15, 0.2) is 0 Å². The van der Waals surface area contributed by atoms with Crippen LogP contribution in [0.3, 0.4) is 0 Å². The van der Waals surface area contributed by atoms with Gasteiger partial charge in [0, 0.05) is 0 Å². The minimum absolute atomic E-state index is 0.509. The van der Waals surface area contributed by atoms with E-state index in [9.17, 15) is 0 Å². The van der Waals surface area contributed by atoms with Crippen LogP contribution in [0.15, 0.2) is 85.1 Å². The van der Waals surface area contributed by atoms with Crippen LogP contribution in [0.1, 0.15) is 6.42 Å². The Morgan fingerprint density at radius 2 is 1.12 bits per heavy atom. The van der Waals surface area contributed by atoms with Crippen LogP contribution in [0.25, 0.3) is 0 Å². The van der Waals surface area contributed by atoms with Crippen molar-refractivity contribution in [3.63, 3.8) is 0 Å². The van der Waals surface area contributed by atoms with E-state index in [0.717, 1.165) is 6.42 Å². The number of allylic oxidation sites excluding steroid dienone is 14. The standard InChI is InChI=1S/C16H17N/c17-16-14-12-10-8-6-4-2-1-3-5-7-9-11-13-15-16/h1-10,12-15,17H,11H2/b2-1-,5-3-,6-4-,9-7-,10-8-,14-12?,15-13-,17-16?. The van der Waals surface area contributed by atoms with Crippen LogP contribution in [-0.4, -0.2) is 5.71 Å². The molecule has 86 valence electrons. The molecule has 0 spiro atoms. The van der Waals surface area contributed by atoms with E-state index in [1.165, 1.54) is 0 Å². The Morgan fingerprint density at radius 3 is 1.76 bits per heavy atom. The second-order valence-electron chi connectivity index (χ2n) is 3.42. The predicted octanol–water partition coefficient (Wildman–Crippen LogP) is 4.30. The van der Waals surface area contributed by atoms with Gasteiger partial charge in [-0.15, -0.1) is 0 Å². The molecule has 0 atom stereocenters. The second-order valence-corrected chi connectivity index (χ2v) is 3.42. The lowest BCUT2D eigenvalue weighted by atomic mass is 10.2. The van der Waals surface area contributed by atoms with E-state index in [4.69, 9.17) is 5.41 Å². The lowest BCUT2D eigenvalue weighted by Crippen LogP contribution is -1.81. The second kappa shape index (κ2) is 9.10. The summed E-state index contributed by atoms with van der Waals surface area (Å²) in [7, 11) is 0. The Bertz CT molecular complexity index is 426. The van der Waals surface area contributed by atoms with Crippen molar-refractivity contribution in [2.24, 2.45) is 0 Å². The van der Waals surface area contributed by atoms with Crippen LogP contribution in [0.4, 0.5) is 0 Å². The molecular formula is C16H17N. The maximum Gasteiger partial charge on any atom is 0.0536 e. The topological polar surface area (TPSA) is 23.9 Å². The number of hydrogen-bond donors (Lipinski definition) is 1. The Kier molecular flexibility index (Phi) is 6.92. The summed E-state index contributed by atoms with van der Waals surface area (Å²) in [5.41, 5.74) is 0.509. The van der Waals surface area contributed by atoms with Gasteiger partial charge in [-0.05, 0) is 18.6 Å². The molecule has 1 heteroatoms. The zero-order valence-electron chi connectivity index (χ0n) is 9.79. The van der Waals surface area contributed by atoms with Gasteiger partial charge in [0.2, 0.25) is 0 Å². The van der Waals surface area contributed by atoms with Gasteiger partial charge in [-0.1, -0.05) is 72.9 Å². The van der Waals surface area contributed by atoms with Crippen molar-refractivity contribution in [3.05, 3.63) is 85.1 Å². The van der Waals surface area contributed by atoms with E-state index in [2.05, 4.69) is 6.08 Å². The first kappa shape index (κ1) is 12.9. The lowest BCUT2D eigenvalue weighted by molar-refractivity contribution is 1.39. The average Bonchev–Trinajstić information content (AvgIpc) is 2.32. The van der Waals surface area contributed by atoms with Crippen LogP contribution < -0.4 is 0 Å². The molecule has 0 aromatic carbocycles.